The van der Waals surface area contributed by atoms with Crippen molar-refractivity contribution in [3.63, 3.8) is 0 Å². The first-order valence-electron chi connectivity index (χ1n) is 13.8. The largest absolute Gasteiger partial charge is 0.496 e. The summed E-state index contributed by atoms with van der Waals surface area (Å²) in [6.07, 6.45) is 7.09. The third-order valence-corrected chi connectivity index (χ3v) is 9.29. The molecule has 0 aromatic heterocycles. The number of carboxylic acids is 1. The average Bonchev–Trinajstić information content (AvgIpc) is 3.53. The van der Waals surface area contributed by atoms with E-state index in [2.05, 4.69) is 16.7 Å². The monoisotopic (exact) mass is 523 g/mol. The van der Waals surface area contributed by atoms with Gasteiger partial charge in [-0.3, -0.25) is 14.4 Å². The molecule has 1 aromatic carbocycles. The molecule has 4 fully saturated rings. The Kier molecular flexibility index (Phi) is 7.26. The van der Waals surface area contributed by atoms with Crippen LogP contribution in [0, 0.1) is 40.4 Å². The summed E-state index contributed by atoms with van der Waals surface area (Å²) in [7, 11) is 1.45. The van der Waals surface area contributed by atoms with Gasteiger partial charge in [-0.25, -0.2) is 0 Å². The van der Waals surface area contributed by atoms with Crippen LogP contribution in [0.15, 0.2) is 12.1 Å². The van der Waals surface area contributed by atoms with Gasteiger partial charge in [0.15, 0.2) is 0 Å². The second-order valence-electron chi connectivity index (χ2n) is 11.9. The fourth-order valence-electron chi connectivity index (χ4n) is 6.62. The molecular weight excluding hydrogens is 486 g/mol. The molecule has 0 radical (unpaired) electrons. The number of nitrogens with one attached hydrogen (secondary N) is 2. The van der Waals surface area contributed by atoms with Gasteiger partial charge in [0.25, 0.3) is 5.91 Å². The van der Waals surface area contributed by atoms with Crippen molar-refractivity contribution in [2.75, 3.05) is 13.7 Å². The maximum Gasteiger partial charge on any atom is 0.309 e. The Morgan fingerprint density at radius 1 is 1.08 bits per heavy atom. The summed E-state index contributed by atoms with van der Waals surface area (Å²) < 4.78 is 11.6. The van der Waals surface area contributed by atoms with Crippen LogP contribution in [0.1, 0.15) is 80.6 Å². The number of hydrogen-bond donors (Lipinski definition) is 3. The van der Waals surface area contributed by atoms with Gasteiger partial charge in [0, 0.05) is 18.7 Å². The molecule has 2 bridgehead atoms. The fourth-order valence-corrected chi connectivity index (χ4v) is 6.62. The summed E-state index contributed by atoms with van der Waals surface area (Å²) >= 11 is 0. The van der Waals surface area contributed by atoms with Gasteiger partial charge in [-0.15, -0.1) is 0 Å². The van der Waals surface area contributed by atoms with Crippen LogP contribution in [0.5, 0.6) is 11.5 Å². The van der Waals surface area contributed by atoms with Crippen molar-refractivity contribution in [1.29, 1.82) is 5.26 Å². The number of hydrogen-bond acceptors (Lipinski definition) is 6. The molecule has 2 amide bonds. The van der Waals surface area contributed by atoms with Crippen LogP contribution in [0.2, 0.25) is 0 Å². The minimum Gasteiger partial charge on any atom is -0.496 e. The van der Waals surface area contributed by atoms with Crippen molar-refractivity contribution in [2.45, 2.75) is 76.9 Å². The molecular formula is C29H37N3O6. The molecule has 0 saturated heterocycles. The van der Waals surface area contributed by atoms with E-state index in [0.29, 0.717) is 38.1 Å². The van der Waals surface area contributed by atoms with E-state index < -0.39 is 11.4 Å². The molecule has 4 aliphatic rings. The van der Waals surface area contributed by atoms with Gasteiger partial charge >= 0.3 is 5.97 Å². The minimum absolute atomic E-state index is 0.0378. The zero-order chi connectivity index (χ0) is 27.0. The highest BCUT2D eigenvalue weighted by Gasteiger charge is 2.51. The van der Waals surface area contributed by atoms with Crippen LogP contribution in [-0.4, -0.2) is 48.7 Å². The molecule has 38 heavy (non-hydrogen) atoms. The number of methoxy groups -OCH3 is 1. The van der Waals surface area contributed by atoms with E-state index in [4.69, 9.17) is 9.47 Å². The average molecular weight is 524 g/mol. The van der Waals surface area contributed by atoms with Gasteiger partial charge in [0.2, 0.25) is 5.91 Å². The number of nitrogens with zero attached hydrogens (tertiary/aromatic N) is 1. The molecule has 4 atom stereocenters. The van der Waals surface area contributed by atoms with Crippen LogP contribution in [-0.2, 0) is 9.59 Å². The second kappa shape index (κ2) is 10.5. The Morgan fingerprint density at radius 3 is 2.42 bits per heavy atom. The number of carboxylic acid groups (broad SMARTS) is 1. The summed E-state index contributed by atoms with van der Waals surface area (Å²) in [4.78, 5) is 38.3. The minimum atomic E-state index is -0.808. The lowest BCUT2D eigenvalue weighted by Crippen LogP contribution is -2.50. The van der Waals surface area contributed by atoms with Crippen LogP contribution in [0.4, 0.5) is 0 Å². The van der Waals surface area contributed by atoms with Gasteiger partial charge in [-0.2, -0.15) is 5.26 Å². The predicted molar refractivity (Wildman–Crippen MR) is 138 cm³/mol. The molecule has 0 unspecified atom stereocenters. The highest BCUT2D eigenvalue weighted by molar-refractivity contribution is 5.98. The number of amides is 2. The van der Waals surface area contributed by atoms with Crippen molar-refractivity contribution < 1.29 is 29.0 Å². The molecule has 204 valence electrons. The lowest BCUT2D eigenvalue weighted by molar-refractivity contribution is -0.150. The van der Waals surface area contributed by atoms with Crippen LogP contribution in [0.25, 0.3) is 0 Å². The smallest absolute Gasteiger partial charge is 0.309 e. The Bertz CT molecular complexity index is 1150. The van der Waals surface area contributed by atoms with Gasteiger partial charge in [-0.1, -0.05) is 0 Å². The lowest BCUT2D eigenvalue weighted by atomic mass is 9.75. The lowest BCUT2D eigenvalue weighted by Gasteiger charge is -2.34. The predicted octanol–water partition coefficient (Wildman–Crippen LogP) is 3.65. The Balaban J connectivity index is 1.32. The summed E-state index contributed by atoms with van der Waals surface area (Å²) in [5, 5.41) is 25.5. The Hall–Kier alpha value is -3.28. The maximum absolute atomic E-state index is 13.6. The SMILES string of the molecule is COc1cc(C#N)c(O[C@H]2CC[C@@](C)(C(=O)O)CC2)cc1C(=O)N[C@@H]1[C@H]2CC[C@H](C2)[C@@H]1C(=O)NCC1CC1. The van der Waals surface area contributed by atoms with Gasteiger partial charge in [-0.05, 0) is 88.5 Å². The summed E-state index contributed by atoms with van der Waals surface area (Å²) in [6.45, 7) is 2.46. The molecule has 1 aromatic rings. The van der Waals surface area contributed by atoms with Crippen LogP contribution < -0.4 is 20.1 Å². The molecule has 5 rings (SSSR count). The van der Waals surface area contributed by atoms with E-state index in [0.717, 1.165) is 19.3 Å². The van der Waals surface area contributed by atoms with E-state index in [9.17, 15) is 24.8 Å². The number of fused-ring (bicyclic) bond motifs is 2. The number of carbonyl (C=O) groups is 3. The van der Waals surface area contributed by atoms with Gasteiger partial charge in [0.1, 0.15) is 17.6 Å². The standard InChI is InChI=1S/C29H37N3O6/c1-29(28(35)36)9-7-20(8-10-29)38-22-13-21(23(37-2)12-19(22)14-30)26(33)32-25-18-6-5-17(11-18)24(25)27(34)31-15-16-3-4-16/h12-13,16-18,20,24-25H,3-11,15H2,1-2H3,(H,31,34)(H,32,33)(H,35,36)/t17-,18+,20-,24+,25-,29+/m1/s1. The normalized spacial score (nSPS) is 31.8. The highest BCUT2D eigenvalue weighted by Crippen LogP contribution is 2.49. The highest BCUT2D eigenvalue weighted by atomic mass is 16.5. The number of ether oxygens (including phenoxy) is 2. The third kappa shape index (κ3) is 5.18. The molecule has 9 nitrogen and oxygen atoms in total. The van der Waals surface area contributed by atoms with Crippen molar-refractivity contribution in [1.82, 2.24) is 10.6 Å². The van der Waals surface area contributed by atoms with Gasteiger partial charge in [0.05, 0.1) is 35.7 Å². The number of nitriles is 1. The second-order valence-corrected chi connectivity index (χ2v) is 11.9. The van der Waals surface area contributed by atoms with Gasteiger partial charge < -0.3 is 25.2 Å². The molecule has 0 aliphatic heterocycles. The van der Waals surface area contributed by atoms with E-state index in [1.807, 2.05) is 0 Å². The molecule has 4 saturated carbocycles. The summed E-state index contributed by atoms with van der Waals surface area (Å²) in [5.41, 5.74) is -0.264. The van der Waals surface area contributed by atoms with E-state index in [1.165, 1.54) is 26.0 Å². The van der Waals surface area contributed by atoms with Crippen LogP contribution in [0.3, 0.4) is 0 Å². The zero-order valence-corrected chi connectivity index (χ0v) is 22.1. The quantitative estimate of drug-likeness (QED) is 0.449. The molecule has 0 heterocycles. The van der Waals surface area contributed by atoms with Crippen molar-refractivity contribution >= 4 is 17.8 Å². The van der Waals surface area contributed by atoms with E-state index in [-0.39, 0.29) is 64.3 Å². The van der Waals surface area contributed by atoms with E-state index >= 15 is 0 Å². The van der Waals surface area contributed by atoms with Crippen molar-refractivity contribution in [3.8, 4) is 17.6 Å². The first-order valence-corrected chi connectivity index (χ1v) is 13.8. The summed E-state index contributed by atoms with van der Waals surface area (Å²) in [6, 6.07) is 4.94. The number of benzene rings is 1. The van der Waals surface area contributed by atoms with Crippen molar-refractivity contribution in [3.05, 3.63) is 23.3 Å². The number of aliphatic carboxylic acids is 1. The number of carbonyl (C=O) groups excluding carboxylic acids is 2. The van der Waals surface area contributed by atoms with E-state index in [1.54, 1.807) is 13.0 Å². The molecule has 3 N–H and O–H groups in total. The fraction of sp³-hybridized carbons (Fsp3) is 0.655. The van der Waals surface area contributed by atoms with Crippen LogP contribution >= 0.6 is 0 Å². The first kappa shape index (κ1) is 26.3. The first-order chi connectivity index (χ1) is 18.2. The Labute approximate surface area is 223 Å². The van der Waals surface area contributed by atoms with Crippen molar-refractivity contribution in [2.24, 2.45) is 29.1 Å². The summed E-state index contributed by atoms with van der Waals surface area (Å²) in [5.74, 6) is 0.348. The number of rotatable bonds is 9. The topological polar surface area (TPSA) is 138 Å². The zero-order valence-electron chi connectivity index (χ0n) is 22.1. The Morgan fingerprint density at radius 2 is 1.79 bits per heavy atom. The molecule has 0 spiro atoms. The maximum atomic E-state index is 13.6. The third-order valence-electron chi connectivity index (χ3n) is 9.29. The molecule has 4 aliphatic carbocycles. The molecule has 9 heteroatoms.